The topological polar surface area (TPSA) is 136 Å². The standard InChI is InChI=1S/C13H13N3O6/c17-10-8-3-1-2-4-9(8)11(18)16(10)6-7(15-13(21)22)5-14-12(19)20/h1-4,7,14-15H,5-6H2,(H,19,20)(H,21,22). The molecule has 1 aliphatic heterocycles. The molecule has 0 aromatic heterocycles. The van der Waals surface area contributed by atoms with E-state index in [4.69, 9.17) is 10.2 Å². The van der Waals surface area contributed by atoms with E-state index < -0.39 is 30.0 Å². The van der Waals surface area contributed by atoms with Gasteiger partial charge in [-0.15, -0.1) is 0 Å². The summed E-state index contributed by atoms with van der Waals surface area (Å²) in [7, 11) is 0. The monoisotopic (exact) mass is 307 g/mol. The molecule has 22 heavy (non-hydrogen) atoms. The first-order valence-corrected chi connectivity index (χ1v) is 6.31. The predicted molar refractivity (Wildman–Crippen MR) is 72.8 cm³/mol. The van der Waals surface area contributed by atoms with Gasteiger partial charge in [-0.25, -0.2) is 9.59 Å². The number of rotatable bonds is 5. The van der Waals surface area contributed by atoms with Gasteiger partial charge in [0.25, 0.3) is 11.8 Å². The van der Waals surface area contributed by atoms with Crippen molar-refractivity contribution in [2.45, 2.75) is 6.04 Å². The van der Waals surface area contributed by atoms with Crippen LogP contribution in [-0.4, -0.2) is 58.2 Å². The highest BCUT2D eigenvalue weighted by molar-refractivity contribution is 6.21. The Morgan fingerprint density at radius 3 is 2.05 bits per heavy atom. The lowest BCUT2D eigenvalue weighted by atomic mass is 10.1. The Morgan fingerprint density at radius 1 is 1.05 bits per heavy atom. The minimum atomic E-state index is -1.38. The predicted octanol–water partition coefficient (Wildman–Crippen LogP) is 0.186. The number of carbonyl (C=O) groups excluding carboxylic acids is 2. The summed E-state index contributed by atoms with van der Waals surface area (Å²) in [5, 5.41) is 21.4. The Hall–Kier alpha value is -3.10. The van der Waals surface area contributed by atoms with Crippen LogP contribution in [0.4, 0.5) is 9.59 Å². The van der Waals surface area contributed by atoms with Crippen LogP contribution in [0.2, 0.25) is 0 Å². The average molecular weight is 307 g/mol. The second-order valence-corrected chi connectivity index (χ2v) is 4.60. The quantitative estimate of drug-likeness (QED) is 0.573. The molecule has 0 radical (unpaired) electrons. The van der Waals surface area contributed by atoms with Crippen molar-refractivity contribution in [3.8, 4) is 0 Å². The van der Waals surface area contributed by atoms with Gasteiger partial charge in [0.05, 0.1) is 23.7 Å². The van der Waals surface area contributed by atoms with Crippen LogP contribution in [0.15, 0.2) is 24.3 Å². The van der Waals surface area contributed by atoms with Gasteiger partial charge in [0.15, 0.2) is 0 Å². The van der Waals surface area contributed by atoms with Crippen molar-refractivity contribution >= 4 is 24.0 Å². The van der Waals surface area contributed by atoms with Crippen molar-refractivity contribution < 1.29 is 29.4 Å². The van der Waals surface area contributed by atoms with Crippen molar-refractivity contribution in [2.24, 2.45) is 0 Å². The summed E-state index contributed by atoms with van der Waals surface area (Å²) < 4.78 is 0. The molecule has 0 aliphatic carbocycles. The lowest BCUT2D eigenvalue weighted by Gasteiger charge is -2.22. The number of fused-ring (bicyclic) bond motifs is 1. The number of amides is 4. The molecule has 1 unspecified atom stereocenters. The molecule has 4 N–H and O–H groups in total. The van der Waals surface area contributed by atoms with Gasteiger partial charge in [-0.2, -0.15) is 0 Å². The Labute approximate surface area is 124 Å². The van der Waals surface area contributed by atoms with Crippen molar-refractivity contribution in [3.05, 3.63) is 35.4 Å². The fourth-order valence-corrected chi connectivity index (χ4v) is 2.17. The van der Waals surface area contributed by atoms with Crippen LogP contribution in [0.5, 0.6) is 0 Å². The number of hydrogen-bond acceptors (Lipinski definition) is 4. The summed E-state index contributed by atoms with van der Waals surface area (Å²) in [6, 6.07) is 5.30. The number of imide groups is 1. The number of nitrogens with one attached hydrogen (secondary N) is 2. The second kappa shape index (κ2) is 6.12. The lowest BCUT2D eigenvalue weighted by molar-refractivity contribution is 0.0636. The van der Waals surface area contributed by atoms with E-state index in [9.17, 15) is 19.2 Å². The molecule has 0 fully saturated rings. The number of benzene rings is 1. The van der Waals surface area contributed by atoms with Crippen molar-refractivity contribution in [2.75, 3.05) is 13.1 Å². The zero-order valence-electron chi connectivity index (χ0n) is 11.3. The van der Waals surface area contributed by atoms with Gasteiger partial charge in [0, 0.05) is 6.54 Å². The van der Waals surface area contributed by atoms with Crippen LogP contribution in [0, 0.1) is 0 Å². The van der Waals surface area contributed by atoms with Crippen LogP contribution in [0.25, 0.3) is 0 Å². The molecule has 0 spiro atoms. The molecular weight excluding hydrogens is 294 g/mol. The summed E-state index contributed by atoms with van der Waals surface area (Å²) >= 11 is 0. The van der Waals surface area contributed by atoms with E-state index in [0.717, 1.165) is 4.90 Å². The molecule has 0 bridgehead atoms. The minimum absolute atomic E-state index is 0.243. The van der Waals surface area contributed by atoms with Crippen LogP contribution >= 0.6 is 0 Å². The first kappa shape index (κ1) is 15.3. The molecule has 1 aromatic rings. The Bertz CT molecular complexity index is 609. The van der Waals surface area contributed by atoms with Crippen LogP contribution in [0.3, 0.4) is 0 Å². The van der Waals surface area contributed by atoms with Crippen molar-refractivity contribution in [1.29, 1.82) is 0 Å². The summed E-state index contributed by atoms with van der Waals surface area (Å²) in [5.41, 5.74) is 0.487. The summed E-state index contributed by atoms with van der Waals surface area (Å²) in [4.78, 5) is 46.5. The SMILES string of the molecule is O=C(O)NCC(CN1C(=O)c2ccccc2C1=O)NC(=O)O. The molecule has 0 saturated heterocycles. The van der Waals surface area contributed by atoms with Gasteiger partial charge in [0.2, 0.25) is 0 Å². The maximum atomic E-state index is 12.2. The zero-order valence-corrected chi connectivity index (χ0v) is 11.3. The first-order chi connectivity index (χ1) is 10.4. The van der Waals surface area contributed by atoms with Crippen LogP contribution in [-0.2, 0) is 0 Å². The van der Waals surface area contributed by atoms with Gasteiger partial charge in [-0.3, -0.25) is 14.5 Å². The van der Waals surface area contributed by atoms with Gasteiger partial charge < -0.3 is 20.8 Å². The van der Waals surface area contributed by atoms with Crippen molar-refractivity contribution in [3.63, 3.8) is 0 Å². The molecule has 116 valence electrons. The maximum absolute atomic E-state index is 12.2. The summed E-state index contributed by atoms with van der Waals surface area (Å²) in [6.45, 7) is -0.534. The molecule has 1 aromatic carbocycles. The fraction of sp³-hybridized carbons (Fsp3) is 0.231. The van der Waals surface area contributed by atoms with Gasteiger partial charge in [-0.05, 0) is 12.1 Å². The Morgan fingerprint density at radius 2 is 1.59 bits per heavy atom. The zero-order chi connectivity index (χ0) is 16.3. The van der Waals surface area contributed by atoms with E-state index in [1.54, 1.807) is 12.1 Å². The highest BCUT2D eigenvalue weighted by Crippen LogP contribution is 2.22. The third-order valence-corrected chi connectivity index (χ3v) is 3.11. The molecule has 1 aliphatic rings. The molecule has 1 heterocycles. The highest BCUT2D eigenvalue weighted by atomic mass is 16.4. The molecule has 2 rings (SSSR count). The number of nitrogens with zero attached hydrogens (tertiary/aromatic N) is 1. The summed E-state index contributed by atoms with van der Waals surface area (Å²) in [5.74, 6) is -1.07. The highest BCUT2D eigenvalue weighted by Gasteiger charge is 2.36. The van der Waals surface area contributed by atoms with E-state index in [-0.39, 0.29) is 24.2 Å². The minimum Gasteiger partial charge on any atom is -0.465 e. The maximum Gasteiger partial charge on any atom is 0.405 e. The van der Waals surface area contributed by atoms with Crippen LogP contribution in [0.1, 0.15) is 20.7 Å². The molecule has 0 saturated carbocycles. The first-order valence-electron chi connectivity index (χ1n) is 6.31. The molecule has 1 atom stereocenters. The molecule has 9 nitrogen and oxygen atoms in total. The largest absolute Gasteiger partial charge is 0.465 e. The van der Waals surface area contributed by atoms with E-state index >= 15 is 0 Å². The van der Waals surface area contributed by atoms with E-state index in [0.29, 0.717) is 0 Å². The van der Waals surface area contributed by atoms with E-state index in [1.807, 2.05) is 5.32 Å². The van der Waals surface area contributed by atoms with Gasteiger partial charge in [-0.1, -0.05) is 12.1 Å². The lowest BCUT2D eigenvalue weighted by Crippen LogP contribution is -2.50. The Kier molecular flexibility index (Phi) is 4.25. The number of hydrogen-bond donors (Lipinski definition) is 4. The number of carbonyl (C=O) groups is 4. The number of carboxylic acid groups (broad SMARTS) is 2. The average Bonchev–Trinajstić information content (AvgIpc) is 2.70. The second-order valence-electron chi connectivity index (χ2n) is 4.60. The Balaban J connectivity index is 2.13. The van der Waals surface area contributed by atoms with Gasteiger partial charge >= 0.3 is 12.2 Å². The van der Waals surface area contributed by atoms with E-state index in [2.05, 4.69) is 5.32 Å². The smallest absolute Gasteiger partial charge is 0.405 e. The van der Waals surface area contributed by atoms with Crippen molar-refractivity contribution in [1.82, 2.24) is 15.5 Å². The third-order valence-electron chi connectivity index (χ3n) is 3.11. The fourth-order valence-electron chi connectivity index (χ4n) is 2.17. The molecule has 4 amide bonds. The van der Waals surface area contributed by atoms with Crippen LogP contribution < -0.4 is 10.6 Å². The normalized spacial score (nSPS) is 14.5. The molecule has 9 heteroatoms. The molecular formula is C13H13N3O6. The third kappa shape index (κ3) is 3.14. The van der Waals surface area contributed by atoms with E-state index in [1.165, 1.54) is 12.1 Å². The summed E-state index contributed by atoms with van der Waals surface area (Å²) in [6.07, 6.45) is -2.71. The van der Waals surface area contributed by atoms with Gasteiger partial charge in [0.1, 0.15) is 0 Å².